The number of rotatable bonds is 5. The number of hydrogen-bond donors (Lipinski definition) is 2. The molecule has 1 aromatic carbocycles. The maximum atomic E-state index is 12.4. The van der Waals surface area contributed by atoms with Gasteiger partial charge in [0.25, 0.3) is 0 Å². The normalized spacial score (nSPS) is 13.0. The zero-order chi connectivity index (χ0) is 16.4. The molecule has 0 aliphatic carbocycles. The molecule has 1 rings (SSSR count). The Labute approximate surface area is 130 Å². The highest BCUT2D eigenvalue weighted by molar-refractivity contribution is 7.89. The van der Waals surface area contributed by atoms with Gasteiger partial charge in [0.05, 0.1) is 10.9 Å². The number of nitrogens with zero attached hydrogens (tertiary/aromatic N) is 1. The zero-order valence-corrected chi connectivity index (χ0v) is 14.0. The lowest BCUT2D eigenvalue weighted by atomic mass is 10.2. The van der Waals surface area contributed by atoms with Gasteiger partial charge in [-0.2, -0.15) is 4.72 Å². The first kappa shape index (κ1) is 17.7. The zero-order valence-electron chi connectivity index (χ0n) is 12.5. The molecular formula is C13H20ClN3O3S. The van der Waals surface area contributed by atoms with E-state index in [0.717, 1.165) is 0 Å². The van der Waals surface area contributed by atoms with Crippen LogP contribution in [-0.4, -0.2) is 38.9 Å². The number of likely N-dealkylation sites (N-methyl/N-ethyl adjacent to an activating group) is 1. The first-order valence-electron chi connectivity index (χ1n) is 6.43. The van der Waals surface area contributed by atoms with Crippen LogP contribution >= 0.6 is 11.6 Å². The predicted molar refractivity (Wildman–Crippen MR) is 83.7 cm³/mol. The topological polar surface area (TPSA) is 92.5 Å². The molecule has 0 heterocycles. The van der Waals surface area contributed by atoms with Gasteiger partial charge in [-0.3, -0.25) is 4.79 Å². The average Bonchev–Trinajstić information content (AvgIpc) is 2.40. The van der Waals surface area contributed by atoms with Crippen molar-refractivity contribution in [2.24, 2.45) is 0 Å². The van der Waals surface area contributed by atoms with Crippen LogP contribution in [0.5, 0.6) is 0 Å². The summed E-state index contributed by atoms with van der Waals surface area (Å²) in [7, 11) is -2.28. The van der Waals surface area contributed by atoms with E-state index in [1.807, 2.05) is 0 Å². The predicted octanol–water partition coefficient (Wildman–Crippen LogP) is 1.38. The molecule has 1 amide bonds. The lowest BCUT2D eigenvalue weighted by Crippen LogP contribution is -2.45. The minimum absolute atomic E-state index is 0.0219. The van der Waals surface area contributed by atoms with E-state index >= 15 is 0 Å². The highest BCUT2D eigenvalue weighted by atomic mass is 35.5. The van der Waals surface area contributed by atoms with Crippen LogP contribution in [0.25, 0.3) is 0 Å². The number of carbonyl (C=O) groups is 1. The molecule has 8 heteroatoms. The summed E-state index contributed by atoms with van der Waals surface area (Å²) in [6.45, 7) is 5.38. The first-order chi connectivity index (χ1) is 9.60. The number of nitrogens with one attached hydrogen (secondary N) is 1. The first-order valence-corrected chi connectivity index (χ1v) is 8.29. The van der Waals surface area contributed by atoms with Crippen LogP contribution in [0.1, 0.15) is 19.4 Å². The summed E-state index contributed by atoms with van der Waals surface area (Å²) in [5.74, 6) is -0.311. The fourth-order valence-corrected chi connectivity index (χ4v) is 3.57. The molecule has 0 saturated heterocycles. The van der Waals surface area contributed by atoms with Gasteiger partial charge < -0.3 is 10.6 Å². The van der Waals surface area contributed by atoms with Crippen molar-refractivity contribution in [2.75, 3.05) is 19.3 Å². The second-order valence-electron chi connectivity index (χ2n) is 4.81. The molecule has 0 radical (unpaired) electrons. The highest BCUT2D eigenvalue weighted by Gasteiger charge is 2.25. The van der Waals surface area contributed by atoms with Crippen LogP contribution in [0.15, 0.2) is 17.0 Å². The van der Waals surface area contributed by atoms with Crippen LogP contribution in [0.4, 0.5) is 5.69 Å². The number of halogens is 1. The third-order valence-electron chi connectivity index (χ3n) is 3.21. The smallest absolute Gasteiger partial charge is 0.241 e. The molecule has 1 aromatic rings. The number of anilines is 1. The Bertz CT molecular complexity index is 646. The monoisotopic (exact) mass is 333 g/mol. The van der Waals surface area contributed by atoms with Gasteiger partial charge in [-0.1, -0.05) is 11.6 Å². The van der Waals surface area contributed by atoms with Gasteiger partial charge in [0.2, 0.25) is 15.9 Å². The van der Waals surface area contributed by atoms with Crippen molar-refractivity contribution in [1.29, 1.82) is 0 Å². The maximum Gasteiger partial charge on any atom is 0.241 e. The molecule has 118 valence electrons. The van der Waals surface area contributed by atoms with Crippen LogP contribution in [-0.2, 0) is 14.8 Å². The molecule has 0 saturated carbocycles. The summed E-state index contributed by atoms with van der Waals surface area (Å²) in [5, 5.41) is 0.225. The molecule has 1 unspecified atom stereocenters. The van der Waals surface area contributed by atoms with Crippen molar-refractivity contribution in [3.63, 3.8) is 0 Å². The van der Waals surface area contributed by atoms with Gasteiger partial charge in [-0.05, 0) is 38.5 Å². The second-order valence-corrected chi connectivity index (χ2v) is 6.93. The number of nitrogen functional groups attached to an aromatic ring is 1. The molecule has 0 spiro atoms. The summed E-state index contributed by atoms with van der Waals surface area (Å²) in [6, 6.07) is 1.92. The number of sulfonamides is 1. The van der Waals surface area contributed by atoms with Gasteiger partial charge in [-0.15, -0.1) is 0 Å². The Morgan fingerprint density at radius 3 is 2.57 bits per heavy atom. The minimum Gasteiger partial charge on any atom is -0.398 e. The third kappa shape index (κ3) is 4.09. The van der Waals surface area contributed by atoms with E-state index in [2.05, 4.69) is 4.72 Å². The number of carbonyl (C=O) groups excluding carboxylic acids is 1. The molecule has 21 heavy (non-hydrogen) atoms. The van der Waals surface area contributed by atoms with Crippen LogP contribution < -0.4 is 10.5 Å². The molecule has 0 aliphatic heterocycles. The lowest BCUT2D eigenvalue weighted by Gasteiger charge is -2.21. The highest BCUT2D eigenvalue weighted by Crippen LogP contribution is 2.26. The van der Waals surface area contributed by atoms with Crippen LogP contribution in [0.2, 0.25) is 5.02 Å². The number of amides is 1. The van der Waals surface area contributed by atoms with E-state index in [1.165, 1.54) is 24.0 Å². The average molecular weight is 334 g/mol. The number of benzene rings is 1. The molecule has 1 atom stereocenters. The molecular weight excluding hydrogens is 314 g/mol. The largest absolute Gasteiger partial charge is 0.398 e. The Balaban J connectivity index is 3.11. The van der Waals surface area contributed by atoms with Gasteiger partial charge in [0.1, 0.15) is 0 Å². The van der Waals surface area contributed by atoms with Gasteiger partial charge in [0.15, 0.2) is 0 Å². The van der Waals surface area contributed by atoms with Crippen LogP contribution in [0.3, 0.4) is 0 Å². The van der Waals surface area contributed by atoms with Gasteiger partial charge >= 0.3 is 0 Å². The third-order valence-corrected chi connectivity index (χ3v) is 5.09. The number of nitrogens with two attached hydrogens (primary N) is 1. The maximum absolute atomic E-state index is 12.4. The molecule has 0 aromatic heterocycles. The summed E-state index contributed by atoms with van der Waals surface area (Å²) in [6.07, 6.45) is 0. The lowest BCUT2D eigenvalue weighted by molar-refractivity contribution is -0.131. The van der Waals surface area contributed by atoms with Crippen molar-refractivity contribution in [3.8, 4) is 0 Å². The van der Waals surface area contributed by atoms with E-state index in [4.69, 9.17) is 17.3 Å². The standard InChI is InChI=1S/C13H20ClN3O3S/c1-5-17(4)13(18)9(3)16-21(19,20)12-7-10(14)6-11(15)8(12)2/h6-7,9,16H,5,15H2,1-4H3. The summed E-state index contributed by atoms with van der Waals surface area (Å²) >= 11 is 5.85. The minimum atomic E-state index is -3.88. The van der Waals surface area contributed by atoms with Gasteiger partial charge in [-0.25, -0.2) is 8.42 Å². The fourth-order valence-electron chi connectivity index (χ4n) is 1.79. The Morgan fingerprint density at radius 2 is 2.05 bits per heavy atom. The Hall–Kier alpha value is -1.31. The summed E-state index contributed by atoms with van der Waals surface area (Å²) in [4.78, 5) is 13.4. The Morgan fingerprint density at radius 1 is 1.48 bits per heavy atom. The van der Waals surface area contributed by atoms with Crippen LogP contribution in [0, 0.1) is 6.92 Å². The van der Waals surface area contributed by atoms with Crippen molar-refractivity contribution < 1.29 is 13.2 Å². The molecule has 0 aliphatic rings. The van der Waals surface area contributed by atoms with E-state index < -0.39 is 16.1 Å². The molecule has 6 nitrogen and oxygen atoms in total. The SMILES string of the molecule is CCN(C)C(=O)C(C)NS(=O)(=O)c1cc(Cl)cc(N)c1C. The second kappa shape index (κ2) is 6.64. The summed E-state index contributed by atoms with van der Waals surface area (Å²) < 4.78 is 27.1. The van der Waals surface area contributed by atoms with E-state index in [9.17, 15) is 13.2 Å². The van der Waals surface area contributed by atoms with E-state index in [0.29, 0.717) is 12.1 Å². The Kier molecular flexibility index (Phi) is 5.61. The molecule has 0 bridgehead atoms. The van der Waals surface area contributed by atoms with E-state index in [1.54, 1.807) is 20.9 Å². The van der Waals surface area contributed by atoms with Crippen molar-refractivity contribution >= 4 is 33.2 Å². The quantitative estimate of drug-likeness (QED) is 0.796. The van der Waals surface area contributed by atoms with Crippen molar-refractivity contribution in [1.82, 2.24) is 9.62 Å². The molecule has 3 N–H and O–H groups in total. The fraction of sp³-hybridized carbons (Fsp3) is 0.462. The summed E-state index contributed by atoms with van der Waals surface area (Å²) in [5.41, 5.74) is 6.41. The molecule has 0 fully saturated rings. The van der Waals surface area contributed by atoms with E-state index in [-0.39, 0.29) is 21.5 Å². The van der Waals surface area contributed by atoms with Crippen molar-refractivity contribution in [3.05, 3.63) is 22.7 Å². The van der Waals surface area contributed by atoms with Gasteiger partial charge in [0, 0.05) is 24.3 Å². The van der Waals surface area contributed by atoms with Crippen molar-refractivity contribution in [2.45, 2.75) is 31.7 Å². The number of hydrogen-bond acceptors (Lipinski definition) is 4.